The van der Waals surface area contributed by atoms with E-state index in [4.69, 9.17) is 11.6 Å². The van der Waals surface area contributed by atoms with E-state index in [0.717, 1.165) is 22.5 Å². The first kappa shape index (κ1) is 12.0. The maximum atomic E-state index is 5.75. The molecule has 0 aliphatic rings. The normalized spacial score (nSPS) is 10.8. The summed E-state index contributed by atoms with van der Waals surface area (Å²) in [6.07, 6.45) is 1.71. The number of hydrogen-bond donors (Lipinski definition) is 1. The topological polar surface area (TPSA) is 42.7 Å². The predicted molar refractivity (Wildman–Crippen MR) is 77.3 cm³/mol. The van der Waals surface area contributed by atoms with Crippen molar-refractivity contribution in [2.75, 3.05) is 5.32 Å². The van der Waals surface area contributed by atoms with Gasteiger partial charge in [-0.3, -0.25) is 0 Å². The van der Waals surface area contributed by atoms with Gasteiger partial charge in [0.05, 0.1) is 29.5 Å². The third-order valence-electron chi connectivity index (χ3n) is 3.06. The van der Waals surface area contributed by atoms with Gasteiger partial charge in [-0.25, -0.2) is 9.97 Å². The van der Waals surface area contributed by atoms with E-state index in [1.807, 2.05) is 31.3 Å². The van der Waals surface area contributed by atoms with Crippen molar-refractivity contribution in [3.63, 3.8) is 0 Å². The van der Waals surface area contributed by atoms with Crippen LogP contribution < -0.4 is 5.32 Å². The molecular weight excluding hydrogens is 260 g/mol. The Labute approximate surface area is 116 Å². The number of anilines is 1. The number of aryl methyl sites for hydroxylation is 1. The molecule has 96 valence electrons. The lowest BCUT2D eigenvalue weighted by atomic mass is 10.3. The molecular formula is C14H13ClN4. The maximum absolute atomic E-state index is 5.75. The predicted octanol–water partition coefficient (Wildman–Crippen LogP) is 3.23. The minimum atomic E-state index is 0.494. The Morgan fingerprint density at radius 2 is 2.05 bits per heavy atom. The van der Waals surface area contributed by atoms with Crippen LogP contribution in [0.1, 0.15) is 5.82 Å². The first-order chi connectivity index (χ1) is 9.24. The molecule has 1 N–H and O–H groups in total. The lowest BCUT2D eigenvalue weighted by Crippen LogP contribution is -2.06. The van der Waals surface area contributed by atoms with Crippen molar-refractivity contribution in [3.8, 4) is 0 Å². The molecule has 4 nitrogen and oxygen atoms in total. The van der Waals surface area contributed by atoms with Gasteiger partial charge in [0.2, 0.25) is 0 Å². The van der Waals surface area contributed by atoms with Crippen LogP contribution in [0.3, 0.4) is 0 Å². The van der Waals surface area contributed by atoms with Gasteiger partial charge in [0, 0.05) is 7.05 Å². The summed E-state index contributed by atoms with van der Waals surface area (Å²) < 4.78 is 2.09. The van der Waals surface area contributed by atoms with E-state index in [1.165, 1.54) is 0 Å². The molecule has 0 aliphatic heterocycles. The maximum Gasteiger partial charge on any atom is 0.129 e. The molecule has 0 radical (unpaired) electrons. The number of benzene rings is 1. The molecule has 0 saturated heterocycles. The number of imidazole rings is 1. The van der Waals surface area contributed by atoms with Crippen LogP contribution >= 0.6 is 11.6 Å². The molecule has 0 spiro atoms. The first-order valence-electron chi connectivity index (χ1n) is 6.00. The molecule has 0 aliphatic carbocycles. The van der Waals surface area contributed by atoms with Gasteiger partial charge in [0.1, 0.15) is 11.0 Å². The molecule has 1 aromatic carbocycles. The largest absolute Gasteiger partial charge is 0.377 e. The highest BCUT2D eigenvalue weighted by Crippen LogP contribution is 2.16. The number of fused-ring (bicyclic) bond motifs is 1. The zero-order chi connectivity index (χ0) is 13.2. The summed E-state index contributed by atoms with van der Waals surface area (Å²) in [5.41, 5.74) is 3.07. The Bertz CT molecular complexity index is 703. The fraction of sp³-hybridized carbons (Fsp3) is 0.143. The van der Waals surface area contributed by atoms with Crippen LogP contribution in [0, 0.1) is 0 Å². The van der Waals surface area contributed by atoms with E-state index >= 15 is 0 Å². The second-order valence-electron chi connectivity index (χ2n) is 4.30. The molecule has 2 heterocycles. The Morgan fingerprint density at radius 3 is 2.79 bits per heavy atom. The molecule has 2 aromatic heterocycles. The second kappa shape index (κ2) is 4.90. The van der Waals surface area contributed by atoms with Crippen molar-refractivity contribution in [3.05, 3.63) is 53.6 Å². The van der Waals surface area contributed by atoms with Gasteiger partial charge in [-0.2, -0.15) is 0 Å². The number of hydrogen-bond acceptors (Lipinski definition) is 3. The van der Waals surface area contributed by atoms with Gasteiger partial charge < -0.3 is 9.88 Å². The third kappa shape index (κ3) is 2.39. The summed E-state index contributed by atoms with van der Waals surface area (Å²) in [5.74, 6) is 0.983. The highest BCUT2D eigenvalue weighted by molar-refractivity contribution is 6.29. The fourth-order valence-electron chi connectivity index (χ4n) is 2.02. The monoisotopic (exact) mass is 272 g/mol. The second-order valence-corrected chi connectivity index (χ2v) is 4.69. The Morgan fingerprint density at radius 1 is 1.21 bits per heavy atom. The average Bonchev–Trinajstić information content (AvgIpc) is 2.76. The van der Waals surface area contributed by atoms with Crippen LogP contribution in [0.2, 0.25) is 5.15 Å². The Hall–Kier alpha value is -2.07. The van der Waals surface area contributed by atoms with Crippen LogP contribution in [-0.2, 0) is 13.6 Å². The number of pyridine rings is 1. The SMILES string of the molecule is Cn1c(CNc2ccc(Cl)nc2)nc2ccccc21. The van der Waals surface area contributed by atoms with Gasteiger partial charge in [-0.15, -0.1) is 0 Å². The van der Waals surface area contributed by atoms with Crippen molar-refractivity contribution < 1.29 is 0 Å². The van der Waals surface area contributed by atoms with E-state index in [-0.39, 0.29) is 0 Å². The van der Waals surface area contributed by atoms with Crippen LogP contribution in [-0.4, -0.2) is 14.5 Å². The number of rotatable bonds is 3. The summed E-state index contributed by atoms with van der Waals surface area (Å²) in [6.45, 7) is 0.647. The van der Waals surface area contributed by atoms with Gasteiger partial charge >= 0.3 is 0 Å². The lowest BCUT2D eigenvalue weighted by Gasteiger charge is -2.06. The van der Waals surface area contributed by atoms with Gasteiger partial charge in [-0.05, 0) is 24.3 Å². The molecule has 3 aromatic rings. The fourth-order valence-corrected chi connectivity index (χ4v) is 2.13. The van der Waals surface area contributed by atoms with E-state index < -0.39 is 0 Å². The van der Waals surface area contributed by atoms with Crippen molar-refractivity contribution in [1.29, 1.82) is 0 Å². The van der Waals surface area contributed by atoms with Crippen LogP contribution in [0.15, 0.2) is 42.6 Å². The third-order valence-corrected chi connectivity index (χ3v) is 3.28. The van der Waals surface area contributed by atoms with E-state index in [2.05, 4.69) is 25.9 Å². The quantitative estimate of drug-likeness (QED) is 0.745. The standard InChI is InChI=1S/C14H13ClN4/c1-19-12-5-3-2-4-11(12)18-14(19)9-16-10-6-7-13(15)17-8-10/h2-8,16H,9H2,1H3. The summed E-state index contributed by atoms with van der Waals surface area (Å²) in [4.78, 5) is 8.63. The van der Waals surface area contributed by atoms with Gasteiger partial charge in [-0.1, -0.05) is 23.7 Å². The molecule has 0 unspecified atom stereocenters. The van der Waals surface area contributed by atoms with Crippen molar-refractivity contribution >= 4 is 28.3 Å². The summed E-state index contributed by atoms with van der Waals surface area (Å²) in [5, 5.41) is 3.78. The molecule has 0 saturated carbocycles. The molecule has 0 fully saturated rings. The van der Waals surface area contributed by atoms with Crippen LogP contribution in [0.25, 0.3) is 11.0 Å². The van der Waals surface area contributed by atoms with Crippen molar-refractivity contribution in [2.24, 2.45) is 7.05 Å². The van der Waals surface area contributed by atoms with Gasteiger partial charge in [0.15, 0.2) is 0 Å². The minimum Gasteiger partial charge on any atom is -0.377 e. The van der Waals surface area contributed by atoms with Crippen molar-refractivity contribution in [1.82, 2.24) is 14.5 Å². The molecule has 0 amide bonds. The lowest BCUT2D eigenvalue weighted by molar-refractivity contribution is 0.834. The Balaban J connectivity index is 1.82. The smallest absolute Gasteiger partial charge is 0.129 e. The zero-order valence-electron chi connectivity index (χ0n) is 10.5. The van der Waals surface area contributed by atoms with E-state index in [1.54, 1.807) is 12.3 Å². The van der Waals surface area contributed by atoms with Crippen LogP contribution in [0.5, 0.6) is 0 Å². The number of para-hydroxylation sites is 2. The first-order valence-corrected chi connectivity index (χ1v) is 6.37. The minimum absolute atomic E-state index is 0.494. The number of halogens is 1. The van der Waals surface area contributed by atoms with Gasteiger partial charge in [0.25, 0.3) is 0 Å². The zero-order valence-corrected chi connectivity index (χ0v) is 11.2. The molecule has 0 atom stereocenters. The molecule has 5 heteroatoms. The summed E-state index contributed by atoms with van der Waals surface area (Å²) >= 11 is 5.75. The summed E-state index contributed by atoms with van der Waals surface area (Å²) in [7, 11) is 2.02. The van der Waals surface area contributed by atoms with Crippen LogP contribution in [0.4, 0.5) is 5.69 Å². The summed E-state index contributed by atoms with van der Waals surface area (Å²) in [6, 6.07) is 11.8. The molecule has 19 heavy (non-hydrogen) atoms. The molecule has 0 bridgehead atoms. The molecule has 3 rings (SSSR count). The Kier molecular flexibility index (Phi) is 3.09. The van der Waals surface area contributed by atoms with E-state index in [9.17, 15) is 0 Å². The van der Waals surface area contributed by atoms with Crippen molar-refractivity contribution in [2.45, 2.75) is 6.54 Å². The van der Waals surface area contributed by atoms with E-state index in [0.29, 0.717) is 11.7 Å². The number of nitrogens with one attached hydrogen (secondary N) is 1. The highest BCUT2D eigenvalue weighted by Gasteiger charge is 2.06. The number of nitrogens with zero attached hydrogens (tertiary/aromatic N) is 3. The highest BCUT2D eigenvalue weighted by atomic mass is 35.5. The average molecular weight is 273 g/mol. The number of aromatic nitrogens is 3.